The highest BCUT2D eigenvalue weighted by Crippen LogP contribution is 2.29. The number of hydrogen-bond acceptors (Lipinski definition) is 5. The quantitative estimate of drug-likeness (QED) is 0.658. The molecule has 0 bridgehead atoms. The van der Waals surface area contributed by atoms with Crippen LogP contribution in [0.1, 0.15) is 25.7 Å². The van der Waals surface area contributed by atoms with Crippen molar-refractivity contribution in [2.45, 2.75) is 37.8 Å². The monoisotopic (exact) mass is 341 g/mol. The Bertz CT molecular complexity index is 585. The van der Waals surface area contributed by atoms with E-state index in [1.54, 1.807) is 0 Å². The van der Waals surface area contributed by atoms with Crippen LogP contribution in [0.4, 0.5) is 5.82 Å². The molecule has 8 nitrogen and oxygen atoms in total. The van der Waals surface area contributed by atoms with Crippen LogP contribution < -0.4 is 5.32 Å². The minimum atomic E-state index is -0.798. The van der Waals surface area contributed by atoms with Gasteiger partial charge < -0.3 is 15.4 Å². The van der Waals surface area contributed by atoms with Gasteiger partial charge in [-0.1, -0.05) is 0 Å². The van der Waals surface area contributed by atoms with E-state index in [9.17, 15) is 14.9 Å². The van der Waals surface area contributed by atoms with Crippen LogP contribution in [0.5, 0.6) is 0 Å². The number of carbonyl (C=O) groups excluding carboxylic acids is 1. The first-order valence-corrected chi connectivity index (χ1v) is 6.85. The van der Waals surface area contributed by atoms with E-state index in [4.69, 9.17) is 5.26 Å². The van der Waals surface area contributed by atoms with Crippen molar-refractivity contribution in [2.24, 2.45) is 0 Å². The number of carbonyl (C=O) groups is 1. The number of rotatable bonds is 4. The highest BCUT2D eigenvalue weighted by atomic mass is 79.9. The molecule has 0 spiro atoms. The van der Waals surface area contributed by atoms with E-state index >= 15 is 0 Å². The van der Waals surface area contributed by atoms with Gasteiger partial charge in [0.2, 0.25) is 5.91 Å². The van der Waals surface area contributed by atoms with E-state index in [0.717, 1.165) is 12.8 Å². The summed E-state index contributed by atoms with van der Waals surface area (Å²) in [5.41, 5.74) is -0.798. The lowest BCUT2D eigenvalue weighted by Gasteiger charge is -2.21. The molecule has 1 amide bonds. The van der Waals surface area contributed by atoms with Crippen LogP contribution in [0.3, 0.4) is 0 Å². The van der Waals surface area contributed by atoms with Gasteiger partial charge in [0.05, 0.1) is 17.4 Å². The lowest BCUT2D eigenvalue weighted by molar-refractivity contribution is -0.390. The number of nitro groups is 1. The Hall–Kier alpha value is -1.95. The topological polar surface area (TPSA) is 114 Å². The molecule has 2 rings (SSSR count). The molecule has 1 saturated carbocycles. The molecule has 1 fully saturated rings. The zero-order valence-corrected chi connectivity index (χ0v) is 12.1. The zero-order chi connectivity index (χ0) is 14.8. The molecule has 0 aliphatic heterocycles. The van der Waals surface area contributed by atoms with Gasteiger partial charge in [-0.05, 0) is 46.5 Å². The molecule has 1 aliphatic carbocycles. The normalized spacial score (nSPS) is 16.6. The molecule has 0 aromatic carbocycles. The van der Waals surface area contributed by atoms with Crippen molar-refractivity contribution in [1.82, 2.24) is 15.1 Å². The second-order valence-corrected chi connectivity index (χ2v) is 5.56. The maximum Gasteiger partial charge on any atom is 0.404 e. The fourth-order valence-electron chi connectivity index (χ4n) is 2.29. The van der Waals surface area contributed by atoms with Crippen molar-refractivity contribution in [3.05, 3.63) is 20.8 Å². The minimum absolute atomic E-state index is 0.157. The number of nitrogens with one attached hydrogen (secondary N) is 1. The van der Waals surface area contributed by atoms with E-state index in [0.29, 0.717) is 12.8 Å². The Morgan fingerprint density at radius 3 is 2.80 bits per heavy atom. The third-order valence-corrected chi connectivity index (χ3v) is 3.79. The highest BCUT2D eigenvalue weighted by molar-refractivity contribution is 9.10. The van der Waals surface area contributed by atoms with Gasteiger partial charge in [0.15, 0.2) is 0 Å². The van der Waals surface area contributed by atoms with Gasteiger partial charge in [-0.3, -0.25) is 4.79 Å². The summed E-state index contributed by atoms with van der Waals surface area (Å²) in [7, 11) is 0. The maximum atomic E-state index is 11.9. The van der Waals surface area contributed by atoms with Crippen molar-refractivity contribution in [3.63, 3.8) is 0 Å². The van der Waals surface area contributed by atoms with E-state index in [2.05, 4.69) is 32.4 Å². The summed E-state index contributed by atoms with van der Waals surface area (Å²) in [6.07, 6.45) is 4.46. The highest BCUT2D eigenvalue weighted by Gasteiger charge is 2.35. The number of nitriles is 1. The molecular weight excluding hydrogens is 330 g/mol. The molecule has 9 heteroatoms. The van der Waals surface area contributed by atoms with Crippen LogP contribution >= 0.6 is 15.9 Å². The Morgan fingerprint density at radius 2 is 2.30 bits per heavy atom. The number of halogens is 1. The van der Waals surface area contributed by atoms with Crippen LogP contribution in [-0.4, -0.2) is 26.1 Å². The molecule has 1 N–H and O–H groups in total. The molecule has 1 aromatic heterocycles. The van der Waals surface area contributed by atoms with Crippen molar-refractivity contribution in [2.75, 3.05) is 0 Å². The standard InChI is InChI=1S/C11H12BrN5O3/c12-8-5-16(15-10(8)17(19)20)6-9(18)14-11(7-13)3-1-2-4-11/h5H,1-4,6H2,(H,14,18). The fraction of sp³-hybridized carbons (Fsp3) is 0.545. The van der Waals surface area contributed by atoms with Crippen LogP contribution in [0.25, 0.3) is 0 Å². The molecule has 1 aromatic rings. The molecule has 0 saturated heterocycles. The molecule has 0 atom stereocenters. The van der Waals surface area contributed by atoms with Crippen LogP contribution in [0.15, 0.2) is 10.7 Å². The number of nitrogens with zero attached hydrogens (tertiary/aromatic N) is 4. The van der Waals surface area contributed by atoms with E-state index in [1.165, 1.54) is 10.9 Å². The van der Waals surface area contributed by atoms with Crippen molar-refractivity contribution in [3.8, 4) is 6.07 Å². The largest absolute Gasteiger partial charge is 0.404 e. The van der Waals surface area contributed by atoms with Gasteiger partial charge in [0, 0.05) is 0 Å². The van der Waals surface area contributed by atoms with Gasteiger partial charge in [-0.15, -0.1) is 0 Å². The number of hydrogen-bond donors (Lipinski definition) is 1. The lowest BCUT2D eigenvalue weighted by atomic mass is 10.00. The van der Waals surface area contributed by atoms with Crippen molar-refractivity contribution >= 4 is 27.7 Å². The van der Waals surface area contributed by atoms with E-state index in [1.807, 2.05) is 0 Å². The predicted molar refractivity (Wildman–Crippen MR) is 71.5 cm³/mol. The Labute approximate surface area is 123 Å². The first kappa shape index (κ1) is 14.5. The molecule has 106 valence electrons. The van der Waals surface area contributed by atoms with Crippen LogP contribution in [-0.2, 0) is 11.3 Å². The second kappa shape index (κ2) is 5.58. The summed E-state index contributed by atoms with van der Waals surface area (Å²) in [6, 6.07) is 2.15. The maximum absolute atomic E-state index is 11.9. The Kier molecular flexibility index (Phi) is 4.04. The molecule has 20 heavy (non-hydrogen) atoms. The van der Waals surface area contributed by atoms with Gasteiger partial charge in [-0.2, -0.15) is 9.94 Å². The lowest BCUT2D eigenvalue weighted by Crippen LogP contribution is -2.46. The summed E-state index contributed by atoms with van der Waals surface area (Å²) >= 11 is 3.01. The van der Waals surface area contributed by atoms with Gasteiger partial charge >= 0.3 is 5.82 Å². The summed E-state index contributed by atoms with van der Waals surface area (Å²) in [6.45, 7) is -0.157. The average molecular weight is 342 g/mol. The molecular formula is C11H12BrN5O3. The van der Waals surface area contributed by atoms with E-state index in [-0.39, 0.29) is 22.7 Å². The summed E-state index contributed by atoms with van der Waals surface area (Å²) in [5.74, 6) is -0.716. The summed E-state index contributed by atoms with van der Waals surface area (Å²) in [4.78, 5) is 21.9. The smallest absolute Gasteiger partial charge is 0.358 e. The zero-order valence-electron chi connectivity index (χ0n) is 10.5. The summed E-state index contributed by atoms with van der Waals surface area (Å²) < 4.78 is 1.39. The predicted octanol–water partition coefficient (Wildman–Crippen LogP) is 1.51. The SMILES string of the molecule is N#CC1(NC(=O)Cn2cc(Br)c([N+](=O)[O-])n2)CCCC1. The van der Waals surface area contributed by atoms with E-state index < -0.39 is 10.5 Å². The third-order valence-electron chi connectivity index (χ3n) is 3.23. The molecule has 1 aliphatic rings. The number of amides is 1. The van der Waals surface area contributed by atoms with Crippen molar-refractivity contribution < 1.29 is 9.72 Å². The minimum Gasteiger partial charge on any atom is -0.358 e. The first-order chi connectivity index (χ1) is 9.46. The third kappa shape index (κ3) is 2.96. The first-order valence-electron chi connectivity index (χ1n) is 6.05. The van der Waals surface area contributed by atoms with Gasteiger partial charge in [0.1, 0.15) is 16.6 Å². The van der Waals surface area contributed by atoms with Crippen LogP contribution in [0, 0.1) is 21.4 Å². The van der Waals surface area contributed by atoms with Crippen LogP contribution in [0.2, 0.25) is 0 Å². The Morgan fingerprint density at radius 1 is 1.65 bits per heavy atom. The summed E-state index contributed by atoms with van der Waals surface area (Å²) in [5, 5.41) is 26.2. The number of aromatic nitrogens is 2. The fourth-order valence-corrected chi connectivity index (χ4v) is 2.75. The molecule has 0 unspecified atom stereocenters. The van der Waals surface area contributed by atoms with Gasteiger partial charge in [-0.25, -0.2) is 0 Å². The van der Waals surface area contributed by atoms with Crippen molar-refractivity contribution in [1.29, 1.82) is 5.26 Å². The Balaban J connectivity index is 2.03. The second-order valence-electron chi connectivity index (χ2n) is 4.70. The average Bonchev–Trinajstić information content (AvgIpc) is 2.97. The molecule has 0 radical (unpaired) electrons. The molecule has 1 heterocycles. The van der Waals surface area contributed by atoms with Gasteiger partial charge in [0.25, 0.3) is 0 Å².